The third-order valence-electron chi connectivity index (χ3n) is 6.31. The summed E-state index contributed by atoms with van der Waals surface area (Å²) in [6.07, 6.45) is 3.70. The van der Waals surface area contributed by atoms with Crippen molar-refractivity contribution in [1.82, 2.24) is 19.4 Å². The van der Waals surface area contributed by atoms with Crippen LogP contribution in [0.5, 0.6) is 5.75 Å². The summed E-state index contributed by atoms with van der Waals surface area (Å²) < 4.78 is 8.37. The van der Waals surface area contributed by atoms with E-state index in [2.05, 4.69) is 53.6 Å². The maximum Gasteiger partial charge on any atom is 0.148 e. The van der Waals surface area contributed by atoms with Crippen LogP contribution < -0.4 is 4.74 Å². The molecule has 0 bridgehead atoms. The summed E-state index contributed by atoms with van der Waals surface area (Å²) in [7, 11) is 4.39. The van der Waals surface area contributed by atoms with E-state index in [1.165, 1.54) is 37.0 Å². The zero-order valence-electron chi connectivity index (χ0n) is 18.9. The molecule has 4 rings (SSSR count). The molecule has 1 fully saturated rings. The zero-order valence-corrected chi connectivity index (χ0v) is 19.6. The lowest BCUT2D eigenvalue weighted by Crippen LogP contribution is -2.45. The number of benzene rings is 2. The zero-order chi connectivity index (χ0) is 21.8. The molecule has 6 heteroatoms. The third-order valence-corrected chi connectivity index (χ3v) is 6.56. The summed E-state index contributed by atoms with van der Waals surface area (Å²) in [6, 6.07) is 14.6. The molecule has 1 saturated heterocycles. The van der Waals surface area contributed by atoms with E-state index in [9.17, 15) is 0 Å². The Morgan fingerprint density at radius 1 is 1.13 bits per heavy atom. The molecule has 166 valence electrons. The average Bonchev–Trinajstić information content (AvgIpc) is 3.12. The lowest BCUT2D eigenvalue weighted by Gasteiger charge is -2.36. The average molecular weight is 441 g/mol. The van der Waals surface area contributed by atoms with Crippen molar-refractivity contribution in [3.05, 3.63) is 58.9 Å². The molecule has 0 radical (unpaired) electrons. The molecule has 1 aromatic heterocycles. The van der Waals surface area contributed by atoms with Crippen molar-refractivity contribution in [1.29, 1.82) is 0 Å². The molecule has 31 heavy (non-hydrogen) atoms. The van der Waals surface area contributed by atoms with Crippen LogP contribution in [0.15, 0.2) is 42.5 Å². The minimum Gasteiger partial charge on any atom is -0.486 e. The van der Waals surface area contributed by atoms with E-state index in [-0.39, 0.29) is 0 Å². The molecule has 1 aliphatic heterocycles. The highest BCUT2D eigenvalue weighted by Gasteiger charge is 2.21. The monoisotopic (exact) mass is 440 g/mol. The number of likely N-dealkylation sites (N-methyl/N-ethyl adjacent to an activating group) is 1. The van der Waals surface area contributed by atoms with Gasteiger partial charge in [-0.15, -0.1) is 0 Å². The number of ether oxygens (including phenoxy) is 1. The van der Waals surface area contributed by atoms with E-state index in [1.807, 2.05) is 24.3 Å². The quantitative estimate of drug-likeness (QED) is 0.494. The van der Waals surface area contributed by atoms with Gasteiger partial charge in [-0.3, -0.25) is 0 Å². The number of hydrogen-bond acceptors (Lipinski definition) is 4. The van der Waals surface area contributed by atoms with Crippen LogP contribution in [-0.2, 0) is 13.2 Å². The van der Waals surface area contributed by atoms with E-state index >= 15 is 0 Å². The van der Waals surface area contributed by atoms with Gasteiger partial charge in [-0.25, -0.2) is 4.98 Å². The van der Waals surface area contributed by atoms with Crippen LogP contribution >= 0.6 is 11.6 Å². The maximum absolute atomic E-state index is 6.04. The van der Waals surface area contributed by atoms with Crippen molar-refractivity contribution in [2.24, 2.45) is 0 Å². The first-order valence-electron chi connectivity index (χ1n) is 11.2. The van der Waals surface area contributed by atoms with Crippen LogP contribution in [0.2, 0.25) is 5.02 Å². The SMILES string of the molecule is Cc1cccc2c1nc(COc1ccc(Cl)cc1)n2CCCN1CCCC(N(C)C)C1. The molecule has 1 aliphatic rings. The summed E-state index contributed by atoms with van der Waals surface area (Å²) >= 11 is 5.99. The molecule has 0 spiro atoms. The van der Waals surface area contributed by atoms with Gasteiger partial charge in [0.05, 0.1) is 11.0 Å². The van der Waals surface area contributed by atoms with Crippen molar-refractivity contribution in [3.8, 4) is 5.75 Å². The summed E-state index contributed by atoms with van der Waals surface area (Å²) in [4.78, 5) is 9.92. The number of para-hydroxylation sites is 1. The summed E-state index contributed by atoms with van der Waals surface area (Å²) in [5.41, 5.74) is 3.47. The van der Waals surface area contributed by atoms with Crippen molar-refractivity contribution < 1.29 is 4.74 Å². The molecule has 1 atom stereocenters. The topological polar surface area (TPSA) is 33.5 Å². The number of aromatic nitrogens is 2. The number of imidazole rings is 1. The third kappa shape index (κ3) is 5.40. The molecule has 3 aromatic rings. The summed E-state index contributed by atoms with van der Waals surface area (Å²) in [6.45, 7) is 7.01. The highest BCUT2D eigenvalue weighted by Crippen LogP contribution is 2.23. The number of halogens is 1. The predicted molar refractivity (Wildman–Crippen MR) is 128 cm³/mol. The van der Waals surface area contributed by atoms with E-state index in [1.54, 1.807) is 0 Å². The van der Waals surface area contributed by atoms with Crippen LogP contribution in [0.3, 0.4) is 0 Å². The Morgan fingerprint density at radius 3 is 2.71 bits per heavy atom. The second-order valence-electron chi connectivity index (χ2n) is 8.78. The fourth-order valence-electron chi connectivity index (χ4n) is 4.48. The van der Waals surface area contributed by atoms with Gasteiger partial charge in [0.15, 0.2) is 0 Å². The van der Waals surface area contributed by atoms with E-state index in [0.29, 0.717) is 17.7 Å². The van der Waals surface area contributed by atoms with Crippen LogP contribution in [-0.4, -0.2) is 59.1 Å². The van der Waals surface area contributed by atoms with Gasteiger partial charge in [0.1, 0.15) is 18.2 Å². The number of aryl methyl sites for hydroxylation is 2. The molecule has 2 heterocycles. The lowest BCUT2D eigenvalue weighted by atomic mass is 10.0. The highest BCUT2D eigenvalue weighted by molar-refractivity contribution is 6.30. The second-order valence-corrected chi connectivity index (χ2v) is 9.22. The van der Waals surface area contributed by atoms with Crippen molar-refractivity contribution >= 4 is 22.6 Å². The summed E-state index contributed by atoms with van der Waals surface area (Å²) in [5.74, 6) is 1.78. The molecule has 0 N–H and O–H groups in total. The number of nitrogens with zero attached hydrogens (tertiary/aromatic N) is 4. The smallest absolute Gasteiger partial charge is 0.148 e. The van der Waals surface area contributed by atoms with Gasteiger partial charge in [0, 0.05) is 24.2 Å². The Morgan fingerprint density at radius 2 is 1.94 bits per heavy atom. The van der Waals surface area contributed by atoms with Crippen molar-refractivity contribution in [2.45, 2.75) is 45.4 Å². The maximum atomic E-state index is 6.04. The minimum absolute atomic E-state index is 0.447. The van der Waals surface area contributed by atoms with Crippen LogP contribution in [0, 0.1) is 6.92 Å². The van der Waals surface area contributed by atoms with Gasteiger partial charge in [-0.05, 0) is 89.3 Å². The number of rotatable bonds is 8. The normalized spacial score (nSPS) is 17.5. The van der Waals surface area contributed by atoms with Crippen molar-refractivity contribution in [2.75, 3.05) is 33.7 Å². The number of piperidine rings is 1. The molecule has 0 aliphatic carbocycles. The van der Waals surface area contributed by atoms with E-state index in [4.69, 9.17) is 21.3 Å². The Kier molecular flexibility index (Phi) is 7.16. The van der Waals surface area contributed by atoms with Crippen molar-refractivity contribution in [3.63, 3.8) is 0 Å². The van der Waals surface area contributed by atoms with E-state index in [0.717, 1.165) is 36.6 Å². The molecule has 5 nitrogen and oxygen atoms in total. The predicted octanol–water partition coefficient (Wildman–Crippen LogP) is 4.99. The first kappa shape index (κ1) is 22.1. The van der Waals surface area contributed by atoms with Gasteiger partial charge in [-0.2, -0.15) is 0 Å². The molecule has 2 aromatic carbocycles. The standard InChI is InChI=1S/C25H33ClN4O/c1-19-7-4-9-23-25(19)27-24(18-31-22-12-10-20(26)11-13-22)30(23)16-6-15-29-14-5-8-21(17-29)28(2)3/h4,7,9-13,21H,5-6,8,14-18H2,1-3H3. The largest absolute Gasteiger partial charge is 0.486 e. The van der Waals surface area contributed by atoms with Gasteiger partial charge < -0.3 is 19.1 Å². The van der Waals surface area contributed by atoms with Crippen LogP contribution in [0.4, 0.5) is 0 Å². The van der Waals surface area contributed by atoms with Crippen LogP contribution in [0.1, 0.15) is 30.7 Å². The highest BCUT2D eigenvalue weighted by atomic mass is 35.5. The van der Waals surface area contributed by atoms with Crippen LogP contribution in [0.25, 0.3) is 11.0 Å². The molecular formula is C25H33ClN4O. The number of hydrogen-bond donors (Lipinski definition) is 0. The molecule has 0 saturated carbocycles. The van der Waals surface area contributed by atoms with Gasteiger partial charge in [0.25, 0.3) is 0 Å². The van der Waals surface area contributed by atoms with Gasteiger partial charge >= 0.3 is 0 Å². The Labute approximate surface area is 190 Å². The molecular weight excluding hydrogens is 408 g/mol. The van der Waals surface area contributed by atoms with E-state index < -0.39 is 0 Å². The molecule has 0 amide bonds. The number of fused-ring (bicyclic) bond motifs is 1. The van der Waals surface area contributed by atoms with Gasteiger partial charge in [0.2, 0.25) is 0 Å². The lowest BCUT2D eigenvalue weighted by molar-refractivity contribution is 0.131. The first-order chi connectivity index (χ1) is 15.0. The first-order valence-corrected chi connectivity index (χ1v) is 11.6. The van der Waals surface area contributed by atoms with Gasteiger partial charge in [-0.1, -0.05) is 23.7 Å². The molecule has 1 unspecified atom stereocenters. The Bertz CT molecular complexity index is 999. The fourth-order valence-corrected chi connectivity index (χ4v) is 4.61. The fraction of sp³-hybridized carbons (Fsp3) is 0.480. The Balaban J connectivity index is 1.45. The summed E-state index contributed by atoms with van der Waals surface area (Å²) in [5, 5.41) is 0.712. The minimum atomic E-state index is 0.447. The Hall–Kier alpha value is -2.08. The number of likely N-dealkylation sites (tertiary alicyclic amines) is 1. The second kappa shape index (κ2) is 10.0.